The number of carbonyl (C=O) groups excluding carboxylic acids is 2. The highest BCUT2D eigenvalue weighted by molar-refractivity contribution is 6.36. The van der Waals surface area contributed by atoms with Crippen molar-refractivity contribution in [1.29, 1.82) is 0 Å². The lowest BCUT2D eigenvalue weighted by molar-refractivity contribution is -0.120. The predicted octanol–water partition coefficient (Wildman–Crippen LogP) is 4.45. The highest BCUT2D eigenvalue weighted by atomic mass is 35.5. The minimum atomic E-state index is -0.366. The second kappa shape index (κ2) is 7.09. The van der Waals surface area contributed by atoms with Crippen molar-refractivity contribution in [1.82, 2.24) is 4.90 Å². The fourth-order valence-electron chi connectivity index (χ4n) is 3.77. The summed E-state index contributed by atoms with van der Waals surface area (Å²) in [4.78, 5) is 28.6. The highest BCUT2D eigenvalue weighted by Crippen LogP contribution is 2.36. The Labute approximate surface area is 163 Å². The molecule has 2 heterocycles. The summed E-state index contributed by atoms with van der Waals surface area (Å²) in [6.07, 6.45) is 2.59. The number of benzene rings is 2. The fraction of sp³-hybridized carbons (Fsp3) is 0.273. The summed E-state index contributed by atoms with van der Waals surface area (Å²) < 4.78 is 0. The molecule has 2 aliphatic rings. The standard InChI is InChI=1S/C22H19ClN2O2/c1-15-6-5-9-20-21(26)25(22(27)24(15)20)19-13-12-17(14-18(19)23)11-10-16-7-3-2-4-8-16/h2-4,7-8,12-15,20H,5-6,9H2,1H3/t15-,20-/m1/s1. The summed E-state index contributed by atoms with van der Waals surface area (Å²) in [5.41, 5.74) is 2.07. The van der Waals surface area contributed by atoms with E-state index in [9.17, 15) is 9.59 Å². The first-order valence-electron chi connectivity index (χ1n) is 9.09. The van der Waals surface area contributed by atoms with Gasteiger partial charge in [0, 0.05) is 17.2 Å². The van der Waals surface area contributed by atoms with Crippen molar-refractivity contribution < 1.29 is 9.59 Å². The monoisotopic (exact) mass is 378 g/mol. The molecule has 2 saturated heterocycles. The minimum Gasteiger partial charge on any atom is -0.309 e. The van der Waals surface area contributed by atoms with Crippen LogP contribution in [0.1, 0.15) is 37.3 Å². The summed E-state index contributed by atoms with van der Waals surface area (Å²) in [6.45, 7) is 1.99. The van der Waals surface area contributed by atoms with E-state index >= 15 is 0 Å². The Morgan fingerprint density at radius 3 is 2.44 bits per heavy atom. The van der Waals surface area contributed by atoms with Crippen LogP contribution in [-0.2, 0) is 4.79 Å². The average Bonchev–Trinajstić information content (AvgIpc) is 2.93. The van der Waals surface area contributed by atoms with E-state index in [4.69, 9.17) is 11.6 Å². The van der Waals surface area contributed by atoms with Crippen LogP contribution in [0.15, 0.2) is 48.5 Å². The van der Waals surface area contributed by atoms with Gasteiger partial charge >= 0.3 is 6.03 Å². The zero-order valence-electron chi connectivity index (χ0n) is 15.0. The lowest BCUT2D eigenvalue weighted by Crippen LogP contribution is -2.45. The van der Waals surface area contributed by atoms with Crippen LogP contribution in [0, 0.1) is 11.8 Å². The van der Waals surface area contributed by atoms with Crippen LogP contribution >= 0.6 is 11.6 Å². The maximum atomic E-state index is 12.9. The van der Waals surface area contributed by atoms with Crippen LogP contribution in [0.2, 0.25) is 5.02 Å². The van der Waals surface area contributed by atoms with Crippen LogP contribution in [0.5, 0.6) is 0 Å². The molecule has 0 unspecified atom stereocenters. The van der Waals surface area contributed by atoms with Gasteiger partial charge in [-0.2, -0.15) is 0 Å². The summed E-state index contributed by atoms with van der Waals surface area (Å²) in [6, 6.07) is 14.3. The fourth-order valence-corrected chi connectivity index (χ4v) is 4.03. The van der Waals surface area contributed by atoms with Gasteiger partial charge in [0.1, 0.15) is 6.04 Å². The molecule has 2 fully saturated rings. The topological polar surface area (TPSA) is 40.6 Å². The van der Waals surface area contributed by atoms with E-state index in [1.165, 1.54) is 4.90 Å². The first-order chi connectivity index (χ1) is 13.1. The number of imide groups is 1. The molecule has 136 valence electrons. The van der Waals surface area contributed by atoms with E-state index in [0.717, 1.165) is 24.0 Å². The number of anilines is 1. The molecule has 5 heteroatoms. The Hall–Kier alpha value is -2.77. The third-order valence-electron chi connectivity index (χ3n) is 5.14. The van der Waals surface area contributed by atoms with Crippen molar-refractivity contribution in [3.8, 4) is 11.8 Å². The van der Waals surface area contributed by atoms with Crippen LogP contribution in [-0.4, -0.2) is 28.9 Å². The second-order valence-corrected chi connectivity index (χ2v) is 7.35. The number of hydrogen-bond acceptors (Lipinski definition) is 2. The largest absolute Gasteiger partial charge is 0.332 e. The van der Waals surface area contributed by atoms with Crippen LogP contribution in [0.25, 0.3) is 0 Å². The third kappa shape index (κ3) is 3.20. The summed E-state index contributed by atoms with van der Waals surface area (Å²) in [5.74, 6) is 5.96. The van der Waals surface area contributed by atoms with Crippen LogP contribution in [0.3, 0.4) is 0 Å². The van der Waals surface area contributed by atoms with Gasteiger partial charge in [0.05, 0.1) is 10.7 Å². The molecule has 0 aromatic heterocycles. The minimum absolute atomic E-state index is 0.0694. The van der Waals surface area contributed by atoms with Crippen molar-refractivity contribution in [2.45, 2.75) is 38.3 Å². The maximum Gasteiger partial charge on any atom is 0.332 e. The van der Waals surface area contributed by atoms with Crippen LogP contribution in [0.4, 0.5) is 10.5 Å². The molecule has 0 N–H and O–H groups in total. The molecule has 27 heavy (non-hydrogen) atoms. The molecule has 2 aromatic carbocycles. The molecule has 0 saturated carbocycles. The van der Waals surface area contributed by atoms with Gasteiger partial charge in [0.2, 0.25) is 0 Å². The Morgan fingerprint density at radius 1 is 1.00 bits per heavy atom. The van der Waals surface area contributed by atoms with Gasteiger partial charge in [0.25, 0.3) is 5.91 Å². The summed E-state index contributed by atoms with van der Waals surface area (Å²) >= 11 is 6.42. The van der Waals surface area contributed by atoms with Crippen molar-refractivity contribution >= 4 is 29.2 Å². The van der Waals surface area contributed by atoms with E-state index in [0.29, 0.717) is 17.1 Å². The molecule has 0 radical (unpaired) electrons. The van der Waals surface area contributed by atoms with E-state index in [1.807, 2.05) is 37.3 Å². The number of nitrogens with zero attached hydrogens (tertiary/aromatic N) is 2. The second-order valence-electron chi connectivity index (χ2n) is 6.94. The highest BCUT2D eigenvalue weighted by Gasteiger charge is 2.49. The SMILES string of the molecule is C[C@@H]1CCC[C@@H]2C(=O)N(c3ccc(C#Cc4ccccc4)cc3Cl)C(=O)N12. The van der Waals surface area contributed by atoms with Crippen molar-refractivity contribution in [3.05, 3.63) is 64.7 Å². The molecule has 2 atom stereocenters. The summed E-state index contributed by atoms with van der Waals surface area (Å²) in [7, 11) is 0. The zero-order valence-corrected chi connectivity index (χ0v) is 15.7. The molecule has 4 rings (SSSR count). The maximum absolute atomic E-state index is 12.9. The number of carbonyl (C=O) groups is 2. The first-order valence-corrected chi connectivity index (χ1v) is 9.47. The number of fused-ring (bicyclic) bond motifs is 1. The molecule has 0 aliphatic carbocycles. The molecule has 2 aromatic rings. The molecule has 4 nitrogen and oxygen atoms in total. The quantitative estimate of drug-likeness (QED) is 0.543. The lowest BCUT2D eigenvalue weighted by Gasteiger charge is -2.32. The normalized spacial score (nSPS) is 21.7. The molecule has 3 amide bonds. The summed E-state index contributed by atoms with van der Waals surface area (Å²) in [5, 5.41) is 0.351. The van der Waals surface area contributed by atoms with Crippen molar-refractivity contribution in [2.24, 2.45) is 0 Å². The number of piperidine rings is 1. The number of urea groups is 1. The number of amides is 3. The first kappa shape index (κ1) is 17.6. The lowest BCUT2D eigenvalue weighted by atomic mass is 9.98. The van der Waals surface area contributed by atoms with E-state index in [-0.39, 0.29) is 24.0 Å². The van der Waals surface area contributed by atoms with E-state index in [1.54, 1.807) is 23.1 Å². The average molecular weight is 379 g/mol. The molecule has 2 aliphatic heterocycles. The Balaban J connectivity index is 1.63. The zero-order chi connectivity index (χ0) is 19.0. The van der Waals surface area contributed by atoms with Gasteiger partial charge < -0.3 is 4.90 Å². The number of hydrogen-bond donors (Lipinski definition) is 0. The van der Waals surface area contributed by atoms with Crippen LogP contribution < -0.4 is 4.90 Å². The van der Waals surface area contributed by atoms with E-state index < -0.39 is 0 Å². The number of halogens is 1. The van der Waals surface area contributed by atoms with Crippen molar-refractivity contribution in [3.63, 3.8) is 0 Å². The van der Waals surface area contributed by atoms with Crippen molar-refractivity contribution in [2.75, 3.05) is 4.90 Å². The van der Waals surface area contributed by atoms with E-state index in [2.05, 4.69) is 11.8 Å². The molecular formula is C22H19ClN2O2. The third-order valence-corrected chi connectivity index (χ3v) is 5.44. The molecule has 0 bridgehead atoms. The van der Waals surface area contributed by atoms with Gasteiger partial charge in [-0.1, -0.05) is 41.6 Å². The molecule has 0 spiro atoms. The smallest absolute Gasteiger partial charge is 0.309 e. The van der Waals surface area contributed by atoms with Gasteiger partial charge in [-0.15, -0.1) is 0 Å². The Morgan fingerprint density at radius 2 is 1.74 bits per heavy atom. The van der Waals surface area contributed by atoms with Gasteiger partial charge in [0.15, 0.2) is 0 Å². The van der Waals surface area contributed by atoms with Gasteiger partial charge in [-0.25, -0.2) is 9.69 Å². The predicted molar refractivity (Wildman–Crippen MR) is 106 cm³/mol. The van der Waals surface area contributed by atoms with Gasteiger partial charge in [-0.3, -0.25) is 4.79 Å². The Bertz CT molecular complexity index is 961. The molecular weight excluding hydrogens is 360 g/mol. The van der Waals surface area contributed by atoms with Gasteiger partial charge in [-0.05, 0) is 56.5 Å². The number of rotatable bonds is 1. The Kier molecular flexibility index (Phi) is 4.63.